The quantitative estimate of drug-likeness (QED) is 0.424. The zero-order valence-electron chi connectivity index (χ0n) is 15.1. The maximum absolute atomic E-state index is 12.4. The highest BCUT2D eigenvalue weighted by Crippen LogP contribution is 2.39. The molecule has 0 aliphatic heterocycles. The molecule has 0 radical (unpaired) electrons. The zero-order chi connectivity index (χ0) is 20.1. The summed E-state index contributed by atoms with van der Waals surface area (Å²) in [6.07, 6.45) is 0.738. The van der Waals surface area contributed by atoms with Gasteiger partial charge in [-0.25, -0.2) is 9.78 Å². The summed E-state index contributed by atoms with van der Waals surface area (Å²) in [4.78, 5) is 29.0. The van der Waals surface area contributed by atoms with Gasteiger partial charge in [0.25, 0.3) is 0 Å². The van der Waals surface area contributed by atoms with E-state index in [9.17, 15) is 9.59 Å². The predicted octanol–water partition coefficient (Wildman–Crippen LogP) is 4.27. The third-order valence-electron chi connectivity index (χ3n) is 3.78. The summed E-state index contributed by atoms with van der Waals surface area (Å²) >= 11 is 8.72. The van der Waals surface area contributed by atoms with E-state index in [0.29, 0.717) is 26.3 Å². The van der Waals surface area contributed by atoms with Crippen molar-refractivity contribution in [2.75, 3.05) is 18.2 Å². The Kier molecular flexibility index (Phi) is 6.71. The molecule has 0 saturated carbocycles. The van der Waals surface area contributed by atoms with E-state index in [2.05, 4.69) is 20.5 Å². The van der Waals surface area contributed by atoms with Crippen LogP contribution in [0.1, 0.15) is 23.1 Å². The molecule has 146 valence electrons. The second-order valence-corrected chi connectivity index (χ2v) is 7.81. The van der Waals surface area contributed by atoms with Crippen molar-refractivity contribution in [1.29, 1.82) is 0 Å². The van der Waals surface area contributed by atoms with Gasteiger partial charge in [-0.1, -0.05) is 48.5 Å². The number of nitrogens with zero attached hydrogens (tertiary/aromatic N) is 2. The molecular formula is C18H17ClN4O3S2. The van der Waals surface area contributed by atoms with E-state index in [-0.39, 0.29) is 17.2 Å². The number of rotatable bonds is 7. The number of anilines is 1. The first kappa shape index (κ1) is 20.4. The highest BCUT2D eigenvalue weighted by Gasteiger charge is 2.23. The molecule has 10 heteroatoms. The minimum Gasteiger partial charge on any atom is -0.465 e. The van der Waals surface area contributed by atoms with Crippen molar-refractivity contribution in [1.82, 2.24) is 15.2 Å². The fourth-order valence-electron chi connectivity index (χ4n) is 2.43. The molecule has 0 saturated heterocycles. The molecule has 3 rings (SSSR count). The molecule has 2 heterocycles. The number of carbonyl (C=O) groups is 2. The van der Waals surface area contributed by atoms with Gasteiger partial charge in [0, 0.05) is 28.0 Å². The molecule has 0 aliphatic rings. The lowest BCUT2D eigenvalue weighted by atomic mass is 10.0. The minimum absolute atomic E-state index is 0.112. The monoisotopic (exact) mass is 436 g/mol. The fourth-order valence-corrected chi connectivity index (χ4v) is 4.25. The number of thiophene rings is 1. The highest BCUT2D eigenvalue weighted by molar-refractivity contribution is 7.99. The number of halogens is 1. The number of ether oxygens (including phenoxy) is 1. The maximum Gasteiger partial charge on any atom is 0.341 e. The van der Waals surface area contributed by atoms with Gasteiger partial charge in [-0.05, 0) is 6.07 Å². The van der Waals surface area contributed by atoms with Gasteiger partial charge in [-0.3, -0.25) is 9.89 Å². The van der Waals surface area contributed by atoms with E-state index in [1.54, 1.807) is 11.4 Å². The van der Waals surface area contributed by atoms with E-state index in [1.165, 1.54) is 30.2 Å². The van der Waals surface area contributed by atoms with Crippen LogP contribution in [0.5, 0.6) is 0 Å². The predicted molar refractivity (Wildman–Crippen MR) is 111 cm³/mol. The lowest BCUT2D eigenvalue weighted by Crippen LogP contribution is -2.16. The smallest absolute Gasteiger partial charge is 0.341 e. The number of benzene rings is 1. The van der Waals surface area contributed by atoms with Crippen molar-refractivity contribution >= 4 is 51.6 Å². The number of hydrogen-bond donors (Lipinski definition) is 2. The first-order valence-electron chi connectivity index (χ1n) is 8.32. The molecule has 7 nitrogen and oxygen atoms in total. The van der Waals surface area contributed by atoms with Gasteiger partial charge in [0.05, 0.1) is 12.9 Å². The van der Waals surface area contributed by atoms with Gasteiger partial charge >= 0.3 is 5.97 Å². The van der Waals surface area contributed by atoms with Crippen molar-refractivity contribution in [2.24, 2.45) is 0 Å². The van der Waals surface area contributed by atoms with E-state index in [4.69, 9.17) is 16.3 Å². The van der Waals surface area contributed by atoms with Crippen molar-refractivity contribution in [2.45, 2.75) is 18.5 Å². The lowest BCUT2D eigenvalue weighted by Gasteiger charge is -2.08. The van der Waals surface area contributed by atoms with E-state index < -0.39 is 5.97 Å². The molecule has 0 fully saturated rings. The van der Waals surface area contributed by atoms with Crippen LogP contribution in [0.4, 0.5) is 5.00 Å². The number of hydrogen-bond acceptors (Lipinski definition) is 7. The summed E-state index contributed by atoms with van der Waals surface area (Å²) < 4.78 is 4.91. The fraction of sp³-hybridized carbons (Fsp3) is 0.222. The molecule has 1 aromatic carbocycles. The summed E-state index contributed by atoms with van der Waals surface area (Å²) in [5.74, 6) is 0.0609. The van der Waals surface area contributed by atoms with Crippen LogP contribution in [-0.2, 0) is 16.0 Å². The Labute approximate surface area is 174 Å². The molecule has 0 aliphatic carbocycles. The van der Waals surface area contributed by atoms with E-state index in [1.807, 2.05) is 25.1 Å². The Morgan fingerprint density at radius 3 is 2.79 bits per heavy atom. The van der Waals surface area contributed by atoms with Crippen molar-refractivity contribution < 1.29 is 14.3 Å². The van der Waals surface area contributed by atoms with Crippen LogP contribution in [-0.4, -0.2) is 39.9 Å². The zero-order valence-corrected chi connectivity index (χ0v) is 17.5. The van der Waals surface area contributed by atoms with Crippen LogP contribution < -0.4 is 5.32 Å². The summed E-state index contributed by atoms with van der Waals surface area (Å²) in [6, 6.07) is 7.19. The first-order valence-corrected chi connectivity index (χ1v) is 10.6. The summed E-state index contributed by atoms with van der Waals surface area (Å²) in [6.45, 7) is 1.96. The average Bonchev–Trinajstić information content (AvgIpc) is 3.33. The molecule has 2 N–H and O–H groups in total. The number of methoxy groups -OCH3 is 1. The Balaban J connectivity index is 1.78. The molecule has 0 spiro atoms. The molecule has 1 amide bonds. The Hall–Kier alpha value is -2.36. The minimum atomic E-state index is -0.541. The average molecular weight is 437 g/mol. The van der Waals surface area contributed by atoms with E-state index in [0.717, 1.165) is 12.2 Å². The van der Waals surface area contributed by atoms with Gasteiger partial charge in [-0.15, -0.1) is 16.4 Å². The third kappa shape index (κ3) is 4.54. The first-order chi connectivity index (χ1) is 13.5. The van der Waals surface area contributed by atoms with E-state index >= 15 is 0 Å². The molecule has 0 bridgehead atoms. The van der Waals surface area contributed by atoms with Crippen LogP contribution in [0.2, 0.25) is 5.02 Å². The van der Waals surface area contributed by atoms with Crippen LogP contribution >= 0.6 is 34.7 Å². The summed E-state index contributed by atoms with van der Waals surface area (Å²) in [5, 5.41) is 12.8. The van der Waals surface area contributed by atoms with Crippen molar-refractivity contribution in [3.8, 4) is 11.1 Å². The molecule has 0 unspecified atom stereocenters. The number of amides is 1. The van der Waals surface area contributed by atoms with Gasteiger partial charge in [-0.2, -0.15) is 0 Å². The Bertz CT molecular complexity index is 1000. The summed E-state index contributed by atoms with van der Waals surface area (Å²) in [5.41, 5.74) is 1.60. The molecule has 28 heavy (non-hydrogen) atoms. The second-order valence-electron chi connectivity index (χ2n) is 5.58. The molecule has 3 aromatic rings. The van der Waals surface area contributed by atoms with Crippen LogP contribution in [0.3, 0.4) is 0 Å². The topological polar surface area (TPSA) is 97.0 Å². The number of H-pyrrole nitrogens is 1. The lowest BCUT2D eigenvalue weighted by molar-refractivity contribution is -0.113. The van der Waals surface area contributed by atoms with Gasteiger partial charge in [0.1, 0.15) is 16.4 Å². The number of aromatic nitrogens is 3. The number of esters is 1. The Morgan fingerprint density at radius 2 is 2.11 bits per heavy atom. The van der Waals surface area contributed by atoms with Crippen molar-refractivity contribution in [3.63, 3.8) is 0 Å². The number of nitrogens with one attached hydrogen (secondary N) is 2. The van der Waals surface area contributed by atoms with Crippen LogP contribution in [0, 0.1) is 0 Å². The molecule has 2 aromatic heterocycles. The number of aryl methyl sites for hydroxylation is 1. The molecular weight excluding hydrogens is 420 g/mol. The van der Waals surface area contributed by atoms with Crippen LogP contribution in [0.25, 0.3) is 11.1 Å². The third-order valence-corrected chi connectivity index (χ3v) is 5.85. The number of thioether (sulfide) groups is 1. The van der Waals surface area contributed by atoms with Gasteiger partial charge in [0.15, 0.2) is 0 Å². The standard InChI is InChI=1S/C18H17ClN4O3S2/c1-3-13-20-18(23-22-13)28-9-14(24)21-16-15(17(25)26-2)11(8-27-16)10-6-4-5-7-12(10)19/h4-8H,3,9H2,1-2H3,(H,21,24)(H,20,22,23). The number of carbonyl (C=O) groups excluding carboxylic acids is 2. The highest BCUT2D eigenvalue weighted by atomic mass is 35.5. The maximum atomic E-state index is 12.4. The van der Waals surface area contributed by atoms with Gasteiger partial charge in [0.2, 0.25) is 11.1 Å². The van der Waals surface area contributed by atoms with Crippen LogP contribution in [0.15, 0.2) is 34.8 Å². The SMILES string of the molecule is CCc1nc(SCC(=O)Nc2scc(-c3ccccc3Cl)c2C(=O)OC)n[nH]1. The van der Waals surface area contributed by atoms with Gasteiger partial charge < -0.3 is 10.1 Å². The molecule has 0 atom stereocenters. The largest absolute Gasteiger partial charge is 0.465 e. The Morgan fingerprint density at radius 1 is 1.32 bits per heavy atom. The second kappa shape index (κ2) is 9.22. The summed E-state index contributed by atoms with van der Waals surface area (Å²) in [7, 11) is 1.30. The van der Waals surface area contributed by atoms with Crippen molar-refractivity contribution in [3.05, 3.63) is 46.1 Å². The number of aromatic amines is 1. The normalized spacial score (nSPS) is 10.7.